The van der Waals surface area contributed by atoms with Crippen molar-refractivity contribution in [3.63, 3.8) is 0 Å². The van der Waals surface area contributed by atoms with Crippen molar-refractivity contribution in [3.8, 4) is 0 Å². The molecule has 7 heteroatoms. The fraction of sp³-hybridized carbons (Fsp3) is 0.652. The van der Waals surface area contributed by atoms with Gasteiger partial charge in [0.25, 0.3) is 5.91 Å². The monoisotopic (exact) mass is 448 g/mol. The average Bonchev–Trinajstić information content (AvgIpc) is 3.37. The Balaban J connectivity index is 1.41. The molecule has 30 heavy (non-hydrogen) atoms. The van der Waals surface area contributed by atoms with Gasteiger partial charge >= 0.3 is 0 Å². The van der Waals surface area contributed by atoms with Crippen LogP contribution in [-0.4, -0.2) is 45.5 Å². The second-order valence-electron chi connectivity index (χ2n) is 9.56. The number of carbonyl (C=O) groups is 2. The Morgan fingerprint density at radius 3 is 2.73 bits per heavy atom. The summed E-state index contributed by atoms with van der Waals surface area (Å²) in [6, 6.07) is 2.06. The molecule has 4 atom stereocenters. The van der Waals surface area contributed by atoms with Crippen molar-refractivity contribution in [2.45, 2.75) is 58.8 Å². The molecule has 1 saturated heterocycles. The van der Waals surface area contributed by atoms with E-state index in [-0.39, 0.29) is 29.1 Å². The summed E-state index contributed by atoms with van der Waals surface area (Å²) in [6.07, 6.45) is 4.09. The first-order valence-corrected chi connectivity index (χ1v) is 13.7. The maximum Gasteiger partial charge on any atom is 0.257 e. The maximum absolute atomic E-state index is 13.3. The molecule has 2 unspecified atom stereocenters. The van der Waals surface area contributed by atoms with Crippen LogP contribution >= 0.6 is 11.3 Å². The summed E-state index contributed by atoms with van der Waals surface area (Å²) in [5.74, 6) is 0.816. The fourth-order valence-corrected chi connectivity index (χ4v) is 7.52. The van der Waals surface area contributed by atoms with Crippen molar-refractivity contribution >= 4 is 32.9 Å². The van der Waals surface area contributed by atoms with Gasteiger partial charge in [-0.2, -0.15) is 15.7 Å². The van der Waals surface area contributed by atoms with Crippen molar-refractivity contribution in [1.82, 2.24) is 4.90 Å². The van der Waals surface area contributed by atoms with Gasteiger partial charge in [-0.05, 0) is 74.3 Å². The van der Waals surface area contributed by atoms with Gasteiger partial charge in [-0.3, -0.25) is 9.59 Å². The second-order valence-corrected chi connectivity index (χ2v) is 12.9. The van der Waals surface area contributed by atoms with Crippen LogP contribution in [0.3, 0.4) is 0 Å². The molecule has 3 aliphatic rings. The molecule has 1 aliphatic heterocycles. The standard InChI is InChI=1S/C23H32N2O3S2/c1-16-5-7-23(3,14-17(16)2)22(27)25-8-4-11-30(28,12-9-25)24-21(26)20-13-19(20)18-6-10-29-15-18/h6,10,15,19-20H,4-5,7-9,11-14H2,1-3H3/t19-,20+,23?,30?/m0/s1. The number of carbonyl (C=O) groups excluding carboxylic acids is 2. The zero-order valence-corrected chi connectivity index (χ0v) is 19.8. The molecule has 0 bridgehead atoms. The lowest BCUT2D eigenvalue weighted by Crippen LogP contribution is -2.44. The quantitative estimate of drug-likeness (QED) is 0.635. The number of amides is 2. The topological polar surface area (TPSA) is 66.8 Å². The van der Waals surface area contributed by atoms with Crippen LogP contribution in [0.1, 0.15) is 64.4 Å². The van der Waals surface area contributed by atoms with Crippen molar-refractivity contribution in [2.75, 3.05) is 24.6 Å². The maximum atomic E-state index is 13.3. The molecule has 4 rings (SSSR count). The first-order valence-electron chi connectivity index (χ1n) is 10.9. The van der Waals surface area contributed by atoms with Gasteiger partial charge in [0.2, 0.25) is 5.91 Å². The second kappa shape index (κ2) is 8.23. The first kappa shape index (κ1) is 21.8. The molecule has 1 aromatic heterocycles. The van der Waals surface area contributed by atoms with Crippen LogP contribution in [0.5, 0.6) is 0 Å². The van der Waals surface area contributed by atoms with E-state index in [9.17, 15) is 13.8 Å². The molecule has 0 N–H and O–H groups in total. The Labute approximate surface area is 184 Å². The van der Waals surface area contributed by atoms with Gasteiger partial charge in [0.1, 0.15) is 0 Å². The molecule has 0 radical (unpaired) electrons. The van der Waals surface area contributed by atoms with E-state index in [4.69, 9.17) is 0 Å². The van der Waals surface area contributed by atoms with Crippen molar-refractivity contribution in [1.29, 1.82) is 0 Å². The Hall–Kier alpha value is -1.47. The molecular weight excluding hydrogens is 416 g/mol. The predicted molar refractivity (Wildman–Crippen MR) is 122 cm³/mol. The van der Waals surface area contributed by atoms with Gasteiger partial charge in [0, 0.05) is 30.5 Å². The van der Waals surface area contributed by atoms with E-state index in [1.807, 2.05) is 10.3 Å². The van der Waals surface area contributed by atoms with Gasteiger partial charge in [0.05, 0.1) is 15.1 Å². The molecule has 0 aromatic carbocycles. The largest absolute Gasteiger partial charge is 0.341 e. The van der Waals surface area contributed by atoms with Crippen LogP contribution in [0.2, 0.25) is 0 Å². The Bertz CT molecular complexity index is 988. The highest BCUT2D eigenvalue weighted by molar-refractivity contribution is 7.93. The number of hydrogen-bond acceptors (Lipinski definition) is 4. The highest BCUT2D eigenvalue weighted by Crippen LogP contribution is 2.49. The number of allylic oxidation sites excluding steroid dienone is 2. The van der Waals surface area contributed by atoms with E-state index < -0.39 is 9.73 Å². The fourth-order valence-electron chi connectivity index (χ4n) is 4.86. The van der Waals surface area contributed by atoms with Crippen molar-refractivity contribution < 1.29 is 13.8 Å². The summed E-state index contributed by atoms with van der Waals surface area (Å²) in [6.45, 7) is 7.39. The zero-order valence-electron chi connectivity index (χ0n) is 18.2. The molecule has 2 amide bonds. The van der Waals surface area contributed by atoms with Crippen molar-refractivity contribution in [3.05, 3.63) is 33.5 Å². The van der Waals surface area contributed by atoms with Gasteiger partial charge in [-0.15, -0.1) is 0 Å². The summed E-state index contributed by atoms with van der Waals surface area (Å²) in [5.41, 5.74) is 3.54. The predicted octanol–water partition coefficient (Wildman–Crippen LogP) is 4.61. The summed E-state index contributed by atoms with van der Waals surface area (Å²) >= 11 is 1.64. The normalized spacial score (nSPS) is 34.4. The molecule has 2 fully saturated rings. The number of nitrogens with zero attached hydrogens (tertiary/aromatic N) is 2. The number of hydrogen-bond donors (Lipinski definition) is 0. The minimum Gasteiger partial charge on any atom is -0.341 e. The molecular formula is C23H32N2O3S2. The van der Waals surface area contributed by atoms with Gasteiger partial charge in [-0.1, -0.05) is 18.1 Å². The van der Waals surface area contributed by atoms with E-state index in [2.05, 4.69) is 36.6 Å². The lowest BCUT2D eigenvalue weighted by Gasteiger charge is -2.37. The van der Waals surface area contributed by atoms with E-state index in [0.29, 0.717) is 31.0 Å². The third kappa shape index (κ3) is 4.42. The summed E-state index contributed by atoms with van der Waals surface area (Å²) in [7, 11) is -2.58. The molecule has 2 heterocycles. The smallest absolute Gasteiger partial charge is 0.257 e. The Kier molecular flexibility index (Phi) is 5.96. The Morgan fingerprint density at radius 1 is 1.23 bits per heavy atom. The van der Waals surface area contributed by atoms with Crippen LogP contribution in [-0.2, 0) is 19.3 Å². The minimum absolute atomic E-state index is 0.113. The lowest BCUT2D eigenvalue weighted by atomic mass is 9.72. The third-order valence-corrected chi connectivity index (χ3v) is 10.1. The molecule has 0 spiro atoms. The molecule has 1 saturated carbocycles. The summed E-state index contributed by atoms with van der Waals surface area (Å²) in [5, 5.41) is 4.10. The SMILES string of the molecule is CC1=C(C)CC(C)(C(=O)N2CCCS(=O)(=NC(=O)[C@@H]3C[C@H]3c3ccsc3)CC2)CC1. The van der Waals surface area contributed by atoms with Gasteiger partial charge < -0.3 is 4.90 Å². The highest BCUT2D eigenvalue weighted by atomic mass is 32.2. The summed E-state index contributed by atoms with van der Waals surface area (Å²) in [4.78, 5) is 27.8. The van der Waals surface area contributed by atoms with Gasteiger partial charge in [-0.25, -0.2) is 4.21 Å². The molecule has 5 nitrogen and oxygen atoms in total. The average molecular weight is 449 g/mol. The van der Waals surface area contributed by atoms with Crippen LogP contribution in [0.15, 0.2) is 32.3 Å². The lowest BCUT2D eigenvalue weighted by molar-refractivity contribution is -0.141. The molecule has 2 aliphatic carbocycles. The number of rotatable bonds is 3. The summed E-state index contributed by atoms with van der Waals surface area (Å²) < 4.78 is 17.6. The minimum atomic E-state index is -2.58. The molecule has 1 aromatic rings. The number of thiophene rings is 1. The van der Waals surface area contributed by atoms with Crippen LogP contribution < -0.4 is 0 Å². The van der Waals surface area contributed by atoms with Crippen LogP contribution in [0.4, 0.5) is 0 Å². The molecule has 164 valence electrons. The van der Waals surface area contributed by atoms with E-state index in [1.165, 1.54) is 16.7 Å². The highest BCUT2D eigenvalue weighted by Gasteiger charge is 2.45. The van der Waals surface area contributed by atoms with Crippen LogP contribution in [0.25, 0.3) is 0 Å². The van der Waals surface area contributed by atoms with Gasteiger partial charge in [0.15, 0.2) is 0 Å². The Morgan fingerprint density at radius 2 is 2.03 bits per heavy atom. The first-order chi connectivity index (χ1) is 14.2. The van der Waals surface area contributed by atoms with E-state index in [0.717, 1.165) is 25.7 Å². The van der Waals surface area contributed by atoms with Crippen LogP contribution in [0, 0.1) is 11.3 Å². The van der Waals surface area contributed by atoms with Crippen molar-refractivity contribution in [2.24, 2.45) is 15.7 Å². The third-order valence-electron chi connectivity index (χ3n) is 7.15. The van der Waals surface area contributed by atoms with E-state index in [1.54, 1.807) is 11.3 Å². The van der Waals surface area contributed by atoms with E-state index >= 15 is 0 Å². The zero-order chi connectivity index (χ0) is 21.5.